The molecule has 1 N–H and O–H groups in total. The Balaban J connectivity index is 1.31. The number of aromatic nitrogens is 2. The van der Waals surface area contributed by atoms with E-state index in [2.05, 4.69) is 71.6 Å². The van der Waals surface area contributed by atoms with Gasteiger partial charge in [-0.05, 0) is 79.4 Å². The molecule has 1 aromatic heterocycles. The van der Waals surface area contributed by atoms with Crippen LogP contribution in [0, 0.1) is 5.82 Å². The molecule has 0 amide bonds. The lowest BCUT2D eigenvalue weighted by molar-refractivity contribution is 0.332. The fourth-order valence-corrected chi connectivity index (χ4v) is 4.93. The summed E-state index contributed by atoms with van der Waals surface area (Å²) in [5, 5.41) is 3.38. The van der Waals surface area contributed by atoms with Crippen molar-refractivity contribution in [3.63, 3.8) is 0 Å². The van der Waals surface area contributed by atoms with Crippen molar-refractivity contribution < 1.29 is 4.39 Å². The van der Waals surface area contributed by atoms with Gasteiger partial charge in [0.15, 0.2) is 0 Å². The van der Waals surface area contributed by atoms with Crippen LogP contribution in [0.4, 0.5) is 16.0 Å². The van der Waals surface area contributed by atoms with Gasteiger partial charge in [0.1, 0.15) is 5.82 Å². The average Bonchev–Trinajstić information content (AvgIpc) is 2.91. The molecule has 0 unspecified atom stereocenters. The molecule has 0 fully saturated rings. The lowest BCUT2D eigenvalue weighted by Crippen LogP contribution is -2.22. The molecule has 1 aliphatic rings. The van der Waals surface area contributed by atoms with E-state index in [9.17, 15) is 4.39 Å². The number of anilines is 2. The second-order valence-electron chi connectivity index (χ2n) is 9.69. The van der Waals surface area contributed by atoms with E-state index in [0.717, 1.165) is 54.0 Å². The van der Waals surface area contributed by atoms with Gasteiger partial charge in [0.2, 0.25) is 5.95 Å². The Kier molecular flexibility index (Phi) is 7.38. The van der Waals surface area contributed by atoms with E-state index in [4.69, 9.17) is 4.98 Å². The van der Waals surface area contributed by atoms with Crippen LogP contribution in [-0.4, -0.2) is 35.0 Å². The summed E-state index contributed by atoms with van der Waals surface area (Å²) in [6, 6.07) is 23.8. The summed E-state index contributed by atoms with van der Waals surface area (Å²) in [5.41, 5.74) is 7.82. The maximum atomic E-state index is 13.5. The standard InChI is InChI=1S/C31H33FN4/c1-3-4-18-36(2)19-17-22-9-15-26(16-10-22)34-31-33-21-24-20-29(23-11-13-25(32)14-12-23)27-7-5-6-8-28(27)30(24)35-31/h5-16,21,29H,3-4,17-20H2,1-2H3,(H,33,34,35)/t29-/m0/s1. The van der Waals surface area contributed by atoms with E-state index < -0.39 is 0 Å². The van der Waals surface area contributed by atoms with Gasteiger partial charge in [-0.15, -0.1) is 0 Å². The van der Waals surface area contributed by atoms with Gasteiger partial charge in [0, 0.05) is 29.9 Å². The minimum absolute atomic E-state index is 0.158. The SMILES string of the molecule is CCCCN(C)CCc1ccc(Nc2ncc3c(n2)-c2ccccc2[C@H](c2ccc(F)cc2)C3)cc1. The van der Waals surface area contributed by atoms with E-state index in [1.54, 1.807) is 0 Å². The predicted octanol–water partition coefficient (Wildman–Crippen LogP) is 6.99. The summed E-state index contributed by atoms with van der Waals surface area (Å²) in [7, 11) is 2.19. The van der Waals surface area contributed by atoms with Crippen LogP contribution in [0.25, 0.3) is 11.3 Å². The number of benzene rings is 3. The van der Waals surface area contributed by atoms with Crippen LogP contribution >= 0.6 is 0 Å². The molecular weight excluding hydrogens is 447 g/mol. The summed E-state index contributed by atoms with van der Waals surface area (Å²) in [6.45, 7) is 4.45. The second kappa shape index (κ2) is 11.0. The molecule has 1 atom stereocenters. The molecule has 0 saturated carbocycles. The smallest absolute Gasteiger partial charge is 0.227 e. The quantitative estimate of drug-likeness (QED) is 0.280. The zero-order valence-corrected chi connectivity index (χ0v) is 21.0. The van der Waals surface area contributed by atoms with E-state index in [1.807, 2.05) is 24.4 Å². The van der Waals surface area contributed by atoms with Crippen molar-refractivity contribution in [2.24, 2.45) is 0 Å². The first kappa shape index (κ1) is 24.1. The van der Waals surface area contributed by atoms with Gasteiger partial charge in [-0.3, -0.25) is 0 Å². The first-order valence-corrected chi connectivity index (χ1v) is 12.9. The number of hydrogen-bond donors (Lipinski definition) is 1. The van der Waals surface area contributed by atoms with Gasteiger partial charge in [-0.2, -0.15) is 0 Å². The van der Waals surface area contributed by atoms with Crippen molar-refractivity contribution >= 4 is 11.6 Å². The highest BCUT2D eigenvalue weighted by atomic mass is 19.1. The number of nitrogens with zero attached hydrogens (tertiary/aromatic N) is 3. The van der Waals surface area contributed by atoms with Crippen molar-refractivity contribution in [1.82, 2.24) is 14.9 Å². The Morgan fingerprint density at radius 3 is 2.53 bits per heavy atom. The van der Waals surface area contributed by atoms with Crippen LogP contribution in [0.1, 0.15) is 47.9 Å². The Bertz CT molecular complexity index is 1300. The van der Waals surface area contributed by atoms with Gasteiger partial charge in [-0.1, -0.05) is 61.9 Å². The minimum Gasteiger partial charge on any atom is -0.324 e. The van der Waals surface area contributed by atoms with Crippen LogP contribution in [0.15, 0.2) is 79.0 Å². The molecule has 0 aliphatic heterocycles. The zero-order valence-electron chi connectivity index (χ0n) is 21.0. The lowest BCUT2D eigenvalue weighted by atomic mass is 9.78. The minimum atomic E-state index is -0.213. The fraction of sp³-hybridized carbons (Fsp3) is 0.290. The molecule has 5 heteroatoms. The highest BCUT2D eigenvalue weighted by Gasteiger charge is 2.27. The van der Waals surface area contributed by atoms with Gasteiger partial charge in [0.25, 0.3) is 0 Å². The average molecular weight is 481 g/mol. The van der Waals surface area contributed by atoms with Crippen LogP contribution in [0.5, 0.6) is 0 Å². The zero-order chi connectivity index (χ0) is 24.9. The maximum Gasteiger partial charge on any atom is 0.227 e. The molecule has 1 aliphatic carbocycles. The first-order valence-electron chi connectivity index (χ1n) is 12.9. The Morgan fingerprint density at radius 2 is 1.75 bits per heavy atom. The molecule has 0 radical (unpaired) electrons. The molecule has 0 spiro atoms. The van der Waals surface area contributed by atoms with Crippen molar-refractivity contribution in [1.29, 1.82) is 0 Å². The van der Waals surface area contributed by atoms with E-state index >= 15 is 0 Å². The van der Waals surface area contributed by atoms with Gasteiger partial charge in [-0.25, -0.2) is 14.4 Å². The van der Waals surface area contributed by atoms with Crippen molar-refractivity contribution in [2.45, 2.75) is 38.5 Å². The summed E-state index contributed by atoms with van der Waals surface area (Å²) >= 11 is 0. The molecule has 36 heavy (non-hydrogen) atoms. The van der Waals surface area contributed by atoms with Crippen molar-refractivity contribution in [3.8, 4) is 11.3 Å². The number of halogens is 1. The monoisotopic (exact) mass is 480 g/mol. The van der Waals surface area contributed by atoms with Crippen LogP contribution < -0.4 is 5.32 Å². The number of fused-ring (bicyclic) bond motifs is 3. The Morgan fingerprint density at radius 1 is 0.972 bits per heavy atom. The molecule has 3 aromatic carbocycles. The van der Waals surface area contributed by atoms with Crippen molar-refractivity contribution in [3.05, 3.63) is 107 Å². The third-order valence-corrected chi connectivity index (χ3v) is 7.04. The summed E-state index contributed by atoms with van der Waals surface area (Å²) in [5.74, 6) is 0.538. The number of rotatable bonds is 9. The molecule has 1 heterocycles. The first-order chi connectivity index (χ1) is 17.6. The van der Waals surface area contributed by atoms with Gasteiger partial charge < -0.3 is 10.2 Å². The summed E-state index contributed by atoms with van der Waals surface area (Å²) < 4.78 is 13.5. The van der Waals surface area contributed by atoms with Crippen LogP contribution in [0.2, 0.25) is 0 Å². The molecule has 4 aromatic rings. The molecule has 0 bridgehead atoms. The normalized spacial score (nSPS) is 14.4. The Hall–Kier alpha value is -3.57. The summed E-state index contributed by atoms with van der Waals surface area (Å²) in [4.78, 5) is 11.9. The van der Waals surface area contributed by atoms with Gasteiger partial charge in [0.05, 0.1) is 5.69 Å². The number of nitrogens with one attached hydrogen (secondary N) is 1. The molecule has 184 valence electrons. The molecule has 0 saturated heterocycles. The number of hydrogen-bond acceptors (Lipinski definition) is 4. The largest absolute Gasteiger partial charge is 0.324 e. The molecule has 4 nitrogen and oxygen atoms in total. The topological polar surface area (TPSA) is 41.0 Å². The number of likely N-dealkylation sites (N-methyl/N-ethyl adjacent to an activating group) is 1. The van der Waals surface area contributed by atoms with Gasteiger partial charge >= 0.3 is 0 Å². The van der Waals surface area contributed by atoms with Crippen LogP contribution in [0.3, 0.4) is 0 Å². The highest BCUT2D eigenvalue weighted by molar-refractivity contribution is 5.73. The third-order valence-electron chi connectivity index (χ3n) is 7.04. The van der Waals surface area contributed by atoms with Crippen molar-refractivity contribution in [2.75, 3.05) is 25.5 Å². The fourth-order valence-electron chi connectivity index (χ4n) is 4.93. The highest BCUT2D eigenvalue weighted by Crippen LogP contribution is 2.41. The van der Waals surface area contributed by atoms with E-state index in [0.29, 0.717) is 5.95 Å². The summed E-state index contributed by atoms with van der Waals surface area (Å²) in [6.07, 6.45) is 6.24. The van der Waals surface area contributed by atoms with Crippen LogP contribution in [-0.2, 0) is 12.8 Å². The van der Waals surface area contributed by atoms with E-state index in [-0.39, 0.29) is 11.7 Å². The number of unbranched alkanes of at least 4 members (excludes halogenated alkanes) is 1. The molecule has 5 rings (SSSR count). The second-order valence-corrected chi connectivity index (χ2v) is 9.69. The lowest BCUT2D eigenvalue weighted by Gasteiger charge is -2.27. The Labute approximate surface area is 213 Å². The third kappa shape index (κ3) is 5.47. The maximum absolute atomic E-state index is 13.5. The predicted molar refractivity (Wildman–Crippen MR) is 145 cm³/mol. The molecular formula is C31H33FN4. The van der Waals surface area contributed by atoms with E-state index in [1.165, 1.54) is 36.1 Å².